The number of hydrogen-bond donors (Lipinski definition) is 0. The molecule has 66 valence electrons. The highest BCUT2D eigenvalue weighted by Gasteiger charge is 2.04. The van der Waals surface area contributed by atoms with Gasteiger partial charge in [-0.15, -0.1) is 0 Å². The largest absolute Gasteiger partial charge is 0.445 e. The Balaban J connectivity index is 2.58. The highest BCUT2D eigenvalue weighted by molar-refractivity contribution is 5.77. The number of hydrogen-bond acceptors (Lipinski definition) is 3. The Morgan fingerprint density at radius 3 is 3.00 bits per heavy atom. The molecule has 1 heterocycles. The van der Waals surface area contributed by atoms with Crippen LogP contribution in [0.2, 0.25) is 0 Å². The zero-order valence-corrected chi connectivity index (χ0v) is 7.46. The summed E-state index contributed by atoms with van der Waals surface area (Å²) in [5, 5.41) is 0. The van der Waals surface area contributed by atoms with Gasteiger partial charge in [0.15, 0.2) is 5.89 Å². The van der Waals surface area contributed by atoms with Gasteiger partial charge in [0.05, 0.1) is 12.6 Å². The molecule has 0 saturated heterocycles. The van der Waals surface area contributed by atoms with Crippen LogP contribution < -0.4 is 0 Å². The molecule has 0 fully saturated rings. The monoisotopic (exact) mass is 167 g/mol. The number of aromatic nitrogens is 1. The minimum Gasteiger partial charge on any atom is -0.445 e. The Labute approximate surface area is 71.8 Å². The second-order valence-electron chi connectivity index (χ2n) is 2.85. The standard InChI is InChI=1S/C9H13NO2/c1-3-4-9-10-6-8(12-9)5-7(2)11/h6H,3-5H2,1-2H3. The van der Waals surface area contributed by atoms with E-state index in [0.717, 1.165) is 18.7 Å². The van der Waals surface area contributed by atoms with Crippen LogP contribution in [-0.4, -0.2) is 10.8 Å². The molecule has 0 atom stereocenters. The number of ketones is 1. The molecule has 1 rings (SSSR count). The number of carbonyl (C=O) groups excluding carboxylic acids is 1. The number of rotatable bonds is 4. The summed E-state index contributed by atoms with van der Waals surface area (Å²) in [5.74, 6) is 1.51. The highest BCUT2D eigenvalue weighted by atomic mass is 16.4. The van der Waals surface area contributed by atoms with E-state index in [0.29, 0.717) is 12.2 Å². The summed E-state index contributed by atoms with van der Waals surface area (Å²) in [5.41, 5.74) is 0. The minimum absolute atomic E-state index is 0.106. The fourth-order valence-corrected chi connectivity index (χ4v) is 1.00. The molecule has 1 aromatic heterocycles. The van der Waals surface area contributed by atoms with Crippen molar-refractivity contribution in [3.8, 4) is 0 Å². The number of oxazole rings is 1. The lowest BCUT2D eigenvalue weighted by Gasteiger charge is -1.89. The summed E-state index contributed by atoms with van der Waals surface area (Å²) in [6, 6.07) is 0. The molecule has 12 heavy (non-hydrogen) atoms. The molecule has 1 aromatic rings. The van der Waals surface area contributed by atoms with Crippen LogP contribution in [-0.2, 0) is 17.6 Å². The van der Waals surface area contributed by atoms with Gasteiger partial charge in [0.25, 0.3) is 0 Å². The molecule has 0 saturated carbocycles. The predicted octanol–water partition coefficient (Wildman–Crippen LogP) is 1.76. The molecule has 0 amide bonds. The quantitative estimate of drug-likeness (QED) is 0.686. The van der Waals surface area contributed by atoms with E-state index in [1.54, 1.807) is 13.1 Å². The molecule has 0 aliphatic rings. The number of Topliss-reactive ketones (excluding diaryl/α,β-unsaturated/α-hetero) is 1. The second-order valence-corrected chi connectivity index (χ2v) is 2.85. The number of aryl methyl sites for hydroxylation is 1. The van der Waals surface area contributed by atoms with Crippen LogP contribution in [0.1, 0.15) is 31.9 Å². The first kappa shape index (κ1) is 8.97. The van der Waals surface area contributed by atoms with Crippen molar-refractivity contribution in [2.75, 3.05) is 0 Å². The van der Waals surface area contributed by atoms with Crippen LogP contribution in [0.4, 0.5) is 0 Å². The molecule has 0 unspecified atom stereocenters. The van der Waals surface area contributed by atoms with Crippen LogP contribution in [0.15, 0.2) is 10.6 Å². The molecule has 0 bridgehead atoms. The molecule has 0 aromatic carbocycles. The van der Waals surface area contributed by atoms with Crippen LogP contribution in [0.25, 0.3) is 0 Å². The van der Waals surface area contributed by atoms with Crippen molar-refractivity contribution in [1.29, 1.82) is 0 Å². The van der Waals surface area contributed by atoms with Gasteiger partial charge in [-0.2, -0.15) is 0 Å². The van der Waals surface area contributed by atoms with E-state index >= 15 is 0 Å². The Bertz CT molecular complexity index is 265. The summed E-state index contributed by atoms with van der Waals surface area (Å²) >= 11 is 0. The average molecular weight is 167 g/mol. The van der Waals surface area contributed by atoms with Crippen LogP contribution in [0, 0.1) is 0 Å². The highest BCUT2D eigenvalue weighted by Crippen LogP contribution is 2.06. The first-order valence-electron chi connectivity index (χ1n) is 4.15. The molecular formula is C9H13NO2. The Hall–Kier alpha value is -1.12. The summed E-state index contributed by atoms with van der Waals surface area (Å²) in [6.07, 6.45) is 3.85. The minimum atomic E-state index is 0.106. The van der Waals surface area contributed by atoms with Crippen molar-refractivity contribution < 1.29 is 9.21 Å². The maximum absolute atomic E-state index is 10.7. The molecular weight excluding hydrogens is 154 g/mol. The van der Waals surface area contributed by atoms with Gasteiger partial charge in [-0.1, -0.05) is 6.92 Å². The van der Waals surface area contributed by atoms with Gasteiger partial charge in [-0.05, 0) is 13.3 Å². The van der Waals surface area contributed by atoms with Crippen LogP contribution in [0.5, 0.6) is 0 Å². The summed E-state index contributed by atoms with van der Waals surface area (Å²) in [6.45, 7) is 3.61. The van der Waals surface area contributed by atoms with Gasteiger partial charge in [0.2, 0.25) is 0 Å². The van der Waals surface area contributed by atoms with Crippen molar-refractivity contribution in [2.45, 2.75) is 33.1 Å². The van der Waals surface area contributed by atoms with Gasteiger partial charge in [-0.25, -0.2) is 4.98 Å². The fraction of sp³-hybridized carbons (Fsp3) is 0.556. The lowest BCUT2D eigenvalue weighted by molar-refractivity contribution is -0.116. The number of nitrogens with zero attached hydrogens (tertiary/aromatic N) is 1. The Morgan fingerprint density at radius 1 is 1.67 bits per heavy atom. The molecule has 0 N–H and O–H groups in total. The van der Waals surface area contributed by atoms with Crippen LogP contribution in [0.3, 0.4) is 0 Å². The average Bonchev–Trinajstić information content (AvgIpc) is 2.36. The fourth-order valence-electron chi connectivity index (χ4n) is 1.00. The molecule has 0 aliphatic carbocycles. The molecule has 3 nitrogen and oxygen atoms in total. The van der Waals surface area contributed by atoms with E-state index in [9.17, 15) is 4.79 Å². The zero-order chi connectivity index (χ0) is 8.97. The summed E-state index contributed by atoms with van der Waals surface area (Å²) in [4.78, 5) is 14.7. The third-order valence-electron chi connectivity index (χ3n) is 1.49. The van der Waals surface area contributed by atoms with E-state index in [4.69, 9.17) is 4.42 Å². The Morgan fingerprint density at radius 2 is 2.42 bits per heavy atom. The lowest BCUT2D eigenvalue weighted by atomic mass is 10.3. The SMILES string of the molecule is CCCc1ncc(CC(C)=O)o1. The Kier molecular flexibility index (Phi) is 3.02. The summed E-state index contributed by atoms with van der Waals surface area (Å²) < 4.78 is 5.30. The molecule has 3 heteroatoms. The second kappa shape index (κ2) is 4.04. The first-order chi connectivity index (χ1) is 5.72. The van der Waals surface area contributed by atoms with Gasteiger partial charge in [0, 0.05) is 6.42 Å². The zero-order valence-electron chi connectivity index (χ0n) is 7.46. The van der Waals surface area contributed by atoms with Crippen molar-refractivity contribution in [3.63, 3.8) is 0 Å². The third kappa shape index (κ3) is 2.49. The van der Waals surface area contributed by atoms with E-state index < -0.39 is 0 Å². The predicted molar refractivity (Wildman–Crippen MR) is 44.9 cm³/mol. The topological polar surface area (TPSA) is 43.1 Å². The van der Waals surface area contributed by atoms with Gasteiger partial charge >= 0.3 is 0 Å². The van der Waals surface area contributed by atoms with Crippen molar-refractivity contribution in [3.05, 3.63) is 17.8 Å². The van der Waals surface area contributed by atoms with E-state index in [2.05, 4.69) is 11.9 Å². The lowest BCUT2D eigenvalue weighted by Crippen LogP contribution is -1.93. The van der Waals surface area contributed by atoms with E-state index in [1.807, 2.05) is 0 Å². The van der Waals surface area contributed by atoms with Crippen molar-refractivity contribution >= 4 is 5.78 Å². The molecule has 0 radical (unpaired) electrons. The van der Waals surface area contributed by atoms with Crippen LogP contribution >= 0.6 is 0 Å². The number of carbonyl (C=O) groups is 1. The maximum atomic E-state index is 10.7. The van der Waals surface area contributed by atoms with Gasteiger partial charge < -0.3 is 4.42 Å². The van der Waals surface area contributed by atoms with Crippen molar-refractivity contribution in [2.24, 2.45) is 0 Å². The summed E-state index contributed by atoms with van der Waals surface area (Å²) in [7, 11) is 0. The maximum Gasteiger partial charge on any atom is 0.194 e. The smallest absolute Gasteiger partial charge is 0.194 e. The molecule has 0 aliphatic heterocycles. The first-order valence-corrected chi connectivity index (χ1v) is 4.15. The van der Waals surface area contributed by atoms with E-state index in [1.165, 1.54) is 0 Å². The van der Waals surface area contributed by atoms with Gasteiger partial charge in [0.1, 0.15) is 11.5 Å². The van der Waals surface area contributed by atoms with Crippen molar-refractivity contribution in [1.82, 2.24) is 4.98 Å². The third-order valence-corrected chi connectivity index (χ3v) is 1.49. The van der Waals surface area contributed by atoms with Gasteiger partial charge in [-0.3, -0.25) is 4.79 Å². The van der Waals surface area contributed by atoms with E-state index in [-0.39, 0.29) is 5.78 Å². The normalized spacial score (nSPS) is 10.2. The molecule has 0 spiro atoms.